The van der Waals surface area contributed by atoms with Gasteiger partial charge in [0.15, 0.2) is 5.96 Å². The fourth-order valence-corrected chi connectivity index (χ4v) is 3.04. The molecule has 0 aliphatic heterocycles. The molecule has 3 rings (SSSR count). The Balaban J connectivity index is 1.54. The van der Waals surface area contributed by atoms with Gasteiger partial charge in [-0.1, -0.05) is 24.3 Å². The third-order valence-electron chi connectivity index (χ3n) is 4.40. The average molecular weight is 365 g/mol. The van der Waals surface area contributed by atoms with Crippen molar-refractivity contribution in [2.45, 2.75) is 33.4 Å². The summed E-state index contributed by atoms with van der Waals surface area (Å²) in [5, 5.41) is 16.0. The number of aryl methyl sites for hydroxylation is 2. The van der Waals surface area contributed by atoms with E-state index in [1.165, 1.54) is 5.52 Å². The van der Waals surface area contributed by atoms with Gasteiger partial charge in [-0.25, -0.2) is 9.98 Å². The Labute approximate surface area is 160 Å². The molecule has 0 spiro atoms. The SMILES string of the molecule is CCNC(=NCc1ccc(O)cc1)NCCCn1c(C)nc2ccccc21. The molecule has 27 heavy (non-hydrogen) atoms. The third-order valence-corrected chi connectivity index (χ3v) is 4.40. The number of rotatable bonds is 7. The first-order chi connectivity index (χ1) is 13.2. The van der Waals surface area contributed by atoms with Crippen molar-refractivity contribution in [1.29, 1.82) is 0 Å². The van der Waals surface area contributed by atoms with E-state index in [2.05, 4.69) is 57.2 Å². The molecular weight excluding hydrogens is 338 g/mol. The molecule has 6 nitrogen and oxygen atoms in total. The Bertz CT molecular complexity index is 899. The summed E-state index contributed by atoms with van der Waals surface area (Å²) in [6.07, 6.45) is 0.977. The molecule has 0 bridgehead atoms. The second-order valence-electron chi connectivity index (χ2n) is 6.44. The van der Waals surface area contributed by atoms with Gasteiger partial charge >= 0.3 is 0 Å². The van der Waals surface area contributed by atoms with Crippen LogP contribution in [0.4, 0.5) is 0 Å². The molecule has 1 aromatic heterocycles. The number of aromatic nitrogens is 2. The molecule has 0 amide bonds. The summed E-state index contributed by atoms with van der Waals surface area (Å²) in [4.78, 5) is 9.22. The normalized spacial score (nSPS) is 11.7. The van der Waals surface area contributed by atoms with E-state index < -0.39 is 0 Å². The van der Waals surface area contributed by atoms with Crippen LogP contribution in [-0.2, 0) is 13.1 Å². The number of imidazole rings is 1. The smallest absolute Gasteiger partial charge is 0.191 e. The maximum Gasteiger partial charge on any atom is 0.191 e. The van der Waals surface area contributed by atoms with Crippen LogP contribution in [0.5, 0.6) is 5.75 Å². The Kier molecular flexibility index (Phi) is 6.30. The van der Waals surface area contributed by atoms with Crippen molar-refractivity contribution in [2.24, 2.45) is 4.99 Å². The van der Waals surface area contributed by atoms with Gasteiger partial charge in [-0.3, -0.25) is 0 Å². The molecule has 0 fully saturated rings. The Hall–Kier alpha value is -3.02. The highest BCUT2D eigenvalue weighted by atomic mass is 16.3. The highest BCUT2D eigenvalue weighted by Gasteiger charge is 2.06. The van der Waals surface area contributed by atoms with Gasteiger partial charge in [-0.2, -0.15) is 0 Å². The van der Waals surface area contributed by atoms with Crippen LogP contribution >= 0.6 is 0 Å². The number of phenols is 1. The van der Waals surface area contributed by atoms with Crippen LogP contribution in [0.15, 0.2) is 53.5 Å². The summed E-state index contributed by atoms with van der Waals surface area (Å²) in [6.45, 7) is 7.23. The molecule has 0 radical (unpaired) electrons. The summed E-state index contributed by atoms with van der Waals surface area (Å²) in [6, 6.07) is 15.4. The Morgan fingerprint density at radius 1 is 1.11 bits per heavy atom. The number of nitrogens with one attached hydrogen (secondary N) is 2. The monoisotopic (exact) mass is 365 g/mol. The third kappa shape index (κ3) is 5.00. The topological polar surface area (TPSA) is 74.5 Å². The van der Waals surface area contributed by atoms with Crippen LogP contribution in [0.25, 0.3) is 11.0 Å². The molecule has 0 aliphatic rings. The first-order valence-electron chi connectivity index (χ1n) is 9.39. The lowest BCUT2D eigenvalue weighted by molar-refractivity contribution is 0.475. The van der Waals surface area contributed by atoms with Crippen molar-refractivity contribution < 1.29 is 5.11 Å². The molecule has 0 aliphatic carbocycles. The lowest BCUT2D eigenvalue weighted by Crippen LogP contribution is -2.38. The van der Waals surface area contributed by atoms with Crippen molar-refractivity contribution in [1.82, 2.24) is 20.2 Å². The van der Waals surface area contributed by atoms with Gasteiger partial charge < -0.3 is 20.3 Å². The van der Waals surface area contributed by atoms with Gasteiger partial charge in [-0.15, -0.1) is 0 Å². The number of nitrogens with zero attached hydrogens (tertiary/aromatic N) is 3. The molecule has 6 heteroatoms. The number of benzene rings is 2. The van der Waals surface area contributed by atoms with E-state index in [4.69, 9.17) is 0 Å². The highest BCUT2D eigenvalue weighted by molar-refractivity contribution is 5.79. The second-order valence-corrected chi connectivity index (χ2v) is 6.44. The predicted octanol–water partition coefficient (Wildman–Crippen LogP) is 3.20. The quantitative estimate of drug-likeness (QED) is 0.341. The summed E-state index contributed by atoms with van der Waals surface area (Å²) < 4.78 is 2.26. The first kappa shape index (κ1) is 18.8. The number of hydrogen-bond acceptors (Lipinski definition) is 3. The van der Waals surface area contributed by atoms with Gasteiger partial charge in [-0.05, 0) is 50.1 Å². The lowest BCUT2D eigenvalue weighted by Gasteiger charge is -2.12. The van der Waals surface area contributed by atoms with Crippen LogP contribution in [0.2, 0.25) is 0 Å². The molecule has 0 unspecified atom stereocenters. The number of aliphatic imine (C=N–C) groups is 1. The van der Waals surface area contributed by atoms with Gasteiger partial charge in [0.1, 0.15) is 11.6 Å². The largest absolute Gasteiger partial charge is 0.508 e. The standard InChI is InChI=1S/C21H27N5O/c1-3-22-21(24-15-17-9-11-18(27)12-10-17)23-13-6-14-26-16(2)25-19-7-4-5-8-20(19)26/h4-5,7-12,27H,3,6,13-15H2,1-2H3,(H2,22,23,24). The van der Waals surface area contributed by atoms with E-state index in [1.54, 1.807) is 12.1 Å². The molecule has 3 N–H and O–H groups in total. The van der Waals surface area contributed by atoms with E-state index in [0.717, 1.165) is 48.9 Å². The maximum absolute atomic E-state index is 9.36. The minimum absolute atomic E-state index is 0.273. The zero-order valence-corrected chi connectivity index (χ0v) is 15.9. The van der Waals surface area contributed by atoms with Crippen LogP contribution < -0.4 is 10.6 Å². The zero-order valence-electron chi connectivity index (χ0n) is 15.9. The van der Waals surface area contributed by atoms with Crippen molar-refractivity contribution in [3.05, 3.63) is 59.9 Å². The summed E-state index contributed by atoms with van der Waals surface area (Å²) >= 11 is 0. The van der Waals surface area contributed by atoms with Crippen molar-refractivity contribution in [2.75, 3.05) is 13.1 Å². The first-order valence-corrected chi connectivity index (χ1v) is 9.39. The average Bonchev–Trinajstić information content (AvgIpc) is 2.99. The van der Waals surface area contributed by atoms with Crippen molar-refractivity contribution in [3.8, 4) is 5.75 Å². The number of para-hydroxylation sites is 2. The Morgan fingerprint density at radius 3 is 2.67 bits per heavy atom. The van der Waals surface area contributed by atoms with Gasteiger partial charge in [0.2, 0.25) is 0 Å². The lowest BCUT2D eigenvalue weighted by atomic mass is 10.2. The maximum atomic E-state index is 9.36. The van der Waals surface area contributed by atoms with E-state index in [1.807, 2.05) is 18.2 Å². The van der Waals surface area contributed by atoms with Gasteiger partial charge in [0.25, 0.3) is 0 Å². The van der Waals surface area contributed by atoms with Crippen LogP contribution in [0.3, 0.4) is 0 Å². The van der Waals surface area contributed by atoms with E-state index in [9.17, 15) is 5.11 Å². The van der Waals surface area contributed by atoms with Crippen LogP contribution in [0.1, 0.15) is 24.7 Å². The highest BCUT2D eigenvalue weighted by Crippen LogP contribution is 2.15. The molecule has 1 heterocycles. The number of fused-ring (bicyclic) bond motifs is 1. The van der Waals surface area contributed by atoms with E-state index >= 15 is 0 Å². The fraction of sp³-hybridized carbons (Fsp3) is 0.333. The molecule has 2 aromatic carbocycles. The molecule has 0 atom stereocenters. The molecule has 142 valence electrons. The van der Waals surface area contributed by atoms with Crippen molar-refractivity contribution >= 4 is 17.0 Å². The van der Waals surface area contributed by atoms with Gasteiger partial charge in [0, 0.05) is 19.6 Å². The molecule has 0 saturated carbocycles. The Morgan fingerprint density at radius 2 is 1.89 bits per heavy atom. The van der Waals surface area contributed by atoms with E-state index in [-0.39, 0.29) is 5.75 Å². The number of phenolic OH excluding ortho intramolecular Hbond substituents is 1. The molecular formula is C21H27N5O. The number of hydrogen-bond donors (Lipinski definition) is 3. The van der Waals surface area contributed by atoms with E-state index in [0.29, 0.717) is 6.54 Å². The van der Waals surface area contributed by atoms with Crippen LogP contribution in [-0.4, -0.2) is 33.7 Å². The number of guanidine groups is 1. The molecule has 0 saturated heterocycles. The van der Waals surface area contributed by atoms with Crippen LogP contribution in [0, 0.1) is 6.92 Å². The number of aromatic hydroxyl groups is 1. The summed E-state index contributed by atoms with van der Waals surface area (Å²) in [7, 11) is 0. The zero-order chi connectivity index (χ0) is 19.1. The second kappa shape index (κ2) is 9.07. The van der Waals surface area contributed by atoms with Crippen molar-refractivity contribution in [3.63, 3.8) is 0 Å². The fourth-order valence-electron chi connectivity index (χ4n) is 3.04. The van der Waals surface area contributed by atoms with Gasteiger partial charge in [0.05, 0.1) is 17.6 Å². The summed E-state index contributed by atoms with van der Waals surface area (Å²) in [5.74, 6) is 2.12. The predicted molar refractivity (Wildman–Crippen MR) is 110 cm³/mol. The summed E-state index contributed by atoms with van der Waals surface area (Å²) in [5.41, 5.74) is 3.29. The minimum atomic E-state index is 0.273. The molecule has 3 aromatic rings. The minimum Gasteiger partial charge on any atom is -0.508 e.